The van der Waals surface area contributed by atoms with Crippen molar-refractivity contribution in [2.24, 2.45) is 5.92 Å². The number of ether oxygens (including phenoxy) is 1. The minimum Gasteiger partial charge on any atom is -0.466 e. The molecule has 4 nitrogen and oxygen atoms in total. The van der Waals surface area contributed by atoms with E-state index < -0.39 is 0 Å². The molecule has 1 heterocycles. The van der Waals surface area contributed by atoms with Crippen LogP contribution in [0.5, 0.6) is 0 Å². The van der Waals surface area contributed by atoms with Gasteiger partial charge in [-0.15, -0.1) is 0 Å². The third-order valence-corrected chi connectivity index (χ3v) is 6.49. The van der Waals surface area contributed by atoms with Crippen molar-refractivity contribution in [1.29, 1.82) is 0 Å². The maximum absolute atomic E-state index is 11.9. The van der Waals surface area contributed by atoms with Crippen LogP contribution in [0, 0.1) is 5.92 Å². The SMILES string of the molecule is CCCCCCCCCN(CCCC(=O)OCCCCC)CCCC1CCNCC1. The normalized spacial score (nSPS) is 15.0. The molecule has 0 aromatic heterocycles. The Morgan fingerprint density at radius 1 is 0.800 bits per heavy atom. The molecule has 0 radical (unpaired) electrons. The van der Waals surface area contributed by atoms with Crippen LogP contribution < -0.4 is 5.32 Å². The van der Waals surface area contributed by atoms with E-state index in [1.165, 1.54) is 103 Å². The van der Waals surface area contributed by atoms with E-state index in [9.17, 15) is 4.79 Å². The molecule has 0 unspecified atom stereocenters. The third kappa shape index (κ3) is 16.1. The van der Waals surface area contributed by atoms with Crippen molar-refractivity contribution in [3.63, 3.8) is 0 Å². The molecule has 4 heteroatoms. The first-order chi connectivity index (χ1) is 14.8. The standard InChI is InChI=1S/C26H52N2O2/c1-3-5-7-8-9-10-11-21-28(22-13-15-25-17-19-27-20-18-25)23-14-16-26(29)30-24-12-6-4-2/h25,27H,3-24H2,1-2H3. The summed E-state index contributed by atoms with van der Waals surface area (Å²) in [6, 6.07) is 0. The molecule has 0 spiro atoms. The average molecular weight is 425 g/mol. The summed E-state index contributed by atoms with van der Waals surface area (Å²) in [6.07, 6.45) is 19.8. The summed E-state index contributed by atoms with van der Waals surface area (Å²) in [4.78, 5) is 14.6. The highest BCUT2D eigenvalue weighted by atomic mass is 16.5. The zero-order chi connectivity index (χ0) is 21.7. The lowest BCUT2D eigenvalue weighted by atomic mass is 9.93. The van der Waals surface area contributed by atoms with E-state index in [0.29, 0.717) is 13.0 Å². The molecular formula is C26H52N2O2. The molecular weight excluding hydrogens is 372 g/mol. The van der Waals surface area contributed by atoms with Crippen LogP contribution in [0.25, 0.3) is 0 Å². The van der Waals surface area contributed by atoms with Gasteiger partial charge in [-0.25, -0.2) is 0 Å². The molecule has 1 aliphatic rings. The molecule has 178 valence electrons. The van der Waals surface area contributed by atoms with Crippen molar-refractivity contribution in [3.05, 3.63) is 0 Å². The highest BCUT2D eigenvalue weighted by molar-refractivity contribution is 5.69. The largest absolute Gasteiger partial charge is 0.466 e. The van der Waals surface area contributed by atoms with Gasteiger partial charge < -0.3 is 15.0 Å². The van der Waals surface area contributed by atoms with Crippen molar-refractivity contribution in [2.75, 3.05) is 39.3 Å². The Hall–Kier alpha value is -0.610. The van der Waals surface area contributed by atoms with Gasteiger partial charge in [0.1, 0.15) is 0 Å². The maximum atomic E-state index is 11.9. The first-order valence-electron chi connectivity index (χ1n) is 13.3. The second-order valence-corrected chi connectivity index (χ2v) is 9.33. The van der Waals surface area contributed by atoms with Crippen molar-refractivity contribution in [3.8, 4) is 0 Å². The number of unbranched alkanes of at least 4 members (excludes halogenated alkanes) is 8. The van der Waals surface area contributed by atoms with Crippen molar-refractivity contribution < 1.29 is 9.53 Å². The molecule has 0 aromatic carbocycles. The van der Waals surface area contributed by atoms with Gasteiger partial charge >= 0.3 is 5.97 Å². The molecule has 0 saturated carbocycles. The predicted molar refractivity (Wildman–Crippen MR) is 129 cm³/mol. The van der Waals surface area contributed by atoms with E-state index >= 15 is 0 Å². The number of piperidine rings is 1. The summed E-state index contributed by atoms with van der Waals surface area (Å²) in [7, 11) is 0. The number of hydrogen-bond acceptors (Lipinski definition) is 4. The van der Waals surface area contributed by atoms with Gasteiger partial charge in [0, 0.05) is 6.42 Å². The summed E-state index contributed by atoms with van der Waals surface area (Å²) in [5.74, 6) is 0.918. The fourth-order valence-corrected chi connectivity index (χ4v) is 4.46. The van der Waals surface area contributed by atoms with Gasteiger partial charge in [-0.3, -0.25) is 4.79 Å². The Kier molecular flexibility index (Phi) is 18.6. The Bertz CT molecular complexity index is 383. The highest BCUT2D eigenvalue weighted by Gasteiger charge is 2.14. The number of carbonyl (C=O) groups excluding carboxylic acids is 1. The summed E-state index contributed by atoms with van der Waals surface area (Å²) in [5.41, 5.74) is 0. The van der Waals surface area contributed by atoms with E-state index in [2.05, 4.69) is 24.1 Å². The zero-order valence-electron chi connectivity index (χ0n) is 20.4. The monoisotopic (exact) mass is 424 g/mol. The lowest BCUT2D eigenvalue weighted by Crippen LogP contribution is -2.30. The van der Waals surface area contributed by atoms with Crippen molar-refractivity contribution in [2.45, 2.75) is 117 Å². The number of nitrogens with one attached hydrogen (secondary N) is 1. The topological polar surface area (TPSA) is 41.6 Å². The van der Waals surface area contributed by atoms with Crippen LogP contribution in [-0.2, 0) is 9.53 Å². The van der Waals surface area contributed by atoms with Gasteiger partial charge in [0.2, 0.25) is 0 Å². The van der Waals surface area contributed by atoms with Gasteiger partial charge in [0.25, 0.3) is 0 Å². The Balaban J connectivity index is 2.20. The number of nitrogens with zero attached hydrogens (tertiary/aromatic N) is 1. The average Bonchev–Trinajstić information content (AvgIpc) is 2.76. The van der Waals surface area contributed by atoms with Gasteiger partial charge in [0.05, 0.1) is 6.61 Å². The van der Waals surface area contributed by atoms with E-state index in [1.807, 2.05) is 0 Å². The van der Waals surface area contributed by atoms with Crippen LogP contribution in [0.2, 0.25) is 0 Å². The first-order valence-corrected chi connectivity index (χ1v) is 13.3. The molecule has 0 amide bonds. The molecule has 1 rings (SSSR count). The quantitative estimate of drug-likeness (QED) is 0.183. The molecule has 1 saturated heterocycles. The fourth-order valence-electron chi connectivity index (χ4n) is 4.46. The molecule has 1 N–H and O–H groups in total. The number of esters is 1. The van der Waals surface area contributed by atoms with E-state index in [4.69, 9.17) is 4.74 Å². The Morgan fingerprint density at radius 3 is 2.13 bits per heavy atom. The van der Waals surface area contributed by atoms with Crippen LogP contribution >= 0.6 is 0 Å². The van der Waals surface area contributed by atoms with Crippen LogP contribution in [-0.4, -0.2) is 50.2 Å². The maximum Gasteiger partial charge on any atom is 0.305 e. The Morgan fingerprint density at radius 2 is 1.40 bits per heavy atom. The van der Waals surface area contributed by atoms with Gasteiger partial charge in [-0.05, 0) is 83.6 Å². The van der Waals surface area contributed by atoms with Crippen LogP contribution in [0.4, 0.5) is 0 Å². The van der Waals surface area contributed by atoms with Crippen molar-refractivity contribution in [1.82, 2.24) is 10.2 Å². The predicted octanol–water partition coefficient (Wildman–Crippen LogP) is 6.33. The molecule has 0 aliphatic carbocycles. The molecule has 0 atom stereocenters. The van der Waals surface area contributed by atoms with Gasteiger partial charge in [-0.2, -0.15) is 0 Å². The molecule has 30 heavy (non-hydrogen) atoms. The van der Waals surface area contributed by atoms with Crippen LogP contribution in [0.1, 0.15) is 117 Å². The summed E-state index contributed by atoms with van der Waals surface area (Å²) >= 11 is 0. The minimum atomic E-state index is -0.00307. The summed E-state index contributed by atoms with van der Waals surface area (Å²) < 4.78 is 5.37. The number of carbonyl (C=O) groups is 1. The van der Waals surface area contributed by atoms with E-state index in [1.54, 1.807) is 0 Å². The third-order valence-electron chi connectivity index (χ3n) is 6.49. The molecule has 0 bridgehead atoms. The number of hydrogen-bond donors (Lipinski definition) is 1. The molecule has 1 aliphatic heterocycles. The summed E-state index contributed by atoms with van der Waals surface area (Å²) in [5, 5.41) is 3.47. The second kappa shape index (κ2) is 20.3. The zero-order valence-corrected chi connectivity index (χ0v) is 20.4. The fraction of sp³-hybridized carbons (Fsp3) is 0.962. The van der Waals surface area contributed by atoms with E-state index in [-0.39, 0.29) is 5.97 Å². The minimum absolute atomic E-state index is 0.00307. The van der Waals surface area contributed by atoms with E-state index in [0.717, 1.165) is 31.7 Å². The van der Waals surface area contributed by atoms with Crippen LogP contribution in [0.15, 0.2) is 0 Å². The smallest absolute Gasteiger partial charge is 0.305 e. The van der Waals surface area contributed by atoms with Crippen LogP contribution in [0.3, 0.4) is 0 Å². The van der Waals surface area contributed by atoms with Gasteiger partial charge in [-0.1, -0.05) is 65.2 Å². The van der Waals surface area contributed by atoms with Gasteiger partial charge in [0.15, 0.2) is 0 Å². The number of rotatable bonds is 20. The first kappa shape index (κ1) is 27.4. The molecule has 1 fully saturated rings. The second-order valence-electron chi connectivity index (χ2n) is 9.33. The lowest BCUT2D eigenvalue weighted by Gasteiger charge is -2.25. The lowest BCUT2D eigenvalue weighted by molar-refractivity contribution is -0.143. The summed E-state index contributed by atoms with van der Waals surface area (Å²) in [6.45, 7) is 10.9. The Labute approximate surface area is 187 Å². The van der Waals surface area contributed by atoms with Crippen molar-refractivity contribution >= 4 is 5.97 Å². The molecule has 0 aromatic rings. The highest BCUT2D eigenvalue weighted by Crippen LogP contribution is 2.18.